The number of aliphatic imine (C=N–C) groups is 1. The molecule has 0 saturated carbocycles. The maximum absolute atomic E-state index is 5.70. The lowest BCUT2D eigenvalue weighted by molar-refractivity contribution is 0.568. The van der Waals surface area contributed by atoms with Gasteiger partial charge in [-0.05, 0) is 29.9 Å². The summed E-state index contributed by atoms with van der Waals surface area (Å²) in [7, 11) is 0. The van der Waals surface area contributed by atoms with E-state index in [0.29, 0.717) is 17.9 Å². The number of hydrogen-bond donors (Lipinski definition) is 2. The molecule has 1 aliphatic heterocycles. The van der Waals surface area contributed by atoms with Crippen LogP contribution < -0.4 is 11.1 Å². The molecule has 0 saturated heterocycles. The third-order valence-electron chi connectivity index (χ3n) is 3.05. The van der Waals surface area contributed by atoms with Crippen LogP contribution >= 0.6 is 0 Å². The molecule has 1 atom stereocenters. The van der Waals surface area contributed by atoms with Crippen LogP contribution in [0, 0.1) is 5.92 Å². The van der Waals surface area contributed by atoms with Crippen molar-refractivity contribution >= 4 is 5.96 Å². The van der Waals surface area contributed by atoms with Crippen LogP contribution in [-0.2, 0) is 6.42 Å². The highest BCUT2D eigenvalue weighted by Gasteiger charge is 2.15. The lowest BCUT2D eigenvalue weighted by Gasteiger charge is -2.23. The van der Waals surface area contributed by atoms with Gasteiger partial charge in [0.25, 0.3) is 0 Å². The Morgan fingerprint density at radius 2 is 2.06 bits per heavy atom. The van der Waals surface area contributed by atoms with Gasteiger partial charge in [0.05, 0.1) is 6.04 Å². The van der Waals surface area contributed by atoms with Crippen molar-refractivity contribution in [3.8, 4) is 0 Å². The average Bonchev–Trinajstić information content (AvgIpc) is 2.29. The predicted octanol–water partition coefficient (Wildman–Crippen LogP) is 2.23. The van der Waals surface area contributed by atoms with Crippen molar-refractivity contribution in [2.45, 2.75) is 32.7 Å². The van der Waals surface area contributed by atoms with Crippen LogP contribution in [0.1, 0.15) is 37.4 Å². The van der Waals surface area contributed by atoms with E-state index >= 15 is 0 Å². The maximum Gasteiger partial charge on any atom is 0.189 e. The molecule has 3 heteroatoms. The van der Waals surface area contributed by atoms with Crippen LogP contribution in [0.3, 0.4) is 0 Å². The fourth-order valence-corrected chi connectivity index (χ4v) is 2.22. The number of nitrogens with one attached hydrogen (secondary N) is 1. The summed E-state index contributed by atoms with van der Waals surface area (Å²) in [6, 6.07) is 9.17. The second kappa shape index (κ2) is 5.21. The molecular weight excluding hydrogens is 210 g/mol. The summed E-state index contributed by atoms with van der Waals surface area (Å²) in [6.07, 6.45) is 2.16. The average molecular weight is 231 g/mol. The Hall–Kier alpha value is -1.51. The van der Waals surface area contributed by atoms with Gasteiger partial charge in [0.2, 0.25) is 0 Å². The second-order valence-corrected chi connectivity index (χ2v) is 5.09. The summed E-state index contributed by atoms with van der Waals surface area (Å²) >= 11 is 0. The van der Waals surface area contributed by atoms with E-state index in [1.54, 1.807) is 0 Å². The SMILES string of the molecule is CC(C)Cc1ccc(C2CCN=C(N)N2)cc1. The quantitative estimate of drug-likeness (QED) is 0.838. The van der Waals surface area contributed by atoms with Crippen molar-refractivity contribution in [2.24, 2.45) is 16.6 Å². The Labute approximate surface area is 103 Å². The first-order valence-corrected chi connectivity index (χ1v) is 6.30. The summed E-state index contributed by atoms with van der Waals surface area (Å²) in [5.74, 6) is 1.27. The van der Waals surface area contributed by atoms with E-state index in [-0.39, 0.29) is 0 Å². The molecule has 1 aromatic carbocycles. The Balaban J connectivity index is 2.05. The largest absolute Gasteiger partial charge is 0.370 e. The molecule has 0 fully saturated rings. The topological polar surface area (TPSA) is 50.4 Å². The van der Waals surface area contributed by atoms with E-state index in [4.69, 9.17) is 5.73 Å². The summed E-state index contributed by atoms with van der Waals surface area (Å²) in [4.78, 5) is 4.15. The molecule has 0 aromatic heterocycles. The number of rotatable bonds is 3. The summed E-state index contributed by atoms with van der Waals surface area (Å²) < 4.78 is 0. The molecule has 0 spiro atoms. The molecular formula is C14H21N3. The first kappa shape index (κ1) is 12.0. The van der Waals surface area contributed by atoms with Gasteiger partial charge in [0.15, 0.2) is 5.96 Å². The van der Waals surface area contributed by atoms with E-state index in [1.165, 1.54) is 11.1 Å². The van der Waals surface area contributed by atoms with Crippen LogP contribution in [0.25, 0.3) is 0 Å². The molecule has 0 amide bonds. The third-order valence-corrected chi connectivity index (χ3v) is 3.05. The third kappa shape index (κ3) is 3.22. The number of nitrogens with two attached hydrogens (primary N) is 1. The molecule has 3 nitrogen and oxygen atoms in total. The highest BCUT2D eigenvalue weighted by Crippen LogP contribution is 2.20. The highest BCUT2D eigenvalue weighted by atomic mass is 15.1. The highest BCUT2D eigenvalue weighted by molar-refractivity contribution is 5.78. The van der Waals surface area contributed by atoms with Gasteiger partial charge in [-0.2, -0.15) is 0 Å². The van der Waals surface area contributed by atoms with Gasteiger partial charge in [0.1, 0.15) is 0 Å². The zero-order chi connectivity index (χ0) is 12.3. The molecule has 1 heterocycles. The van der Waals surface area contributed by atoms with E-state index in [9.17, 15) is 0 Å². The first-order chi connectivity index (χ1) is 8.15. The number of nitrogens with zero attached hydrogens (tertiary/aromatic N) is 1. The minimum atomic E-state index is 0.320. The van der Waals surface area contributed by atoms with Crippen molar-refractivity contribution in [1.82, 2.24) is 5.32 Å². The Kier molecular flexibility index (Phi) is 3.67. The van der Waals surface area contributed by atoms with Gasteiger partial charge in [-0.1, -0.05) is 38.1 Å². The van der Waals surface area contributed by atoms with E-state index in [0.717, 1.165) is 19.4 Å². The second-order valence-electron chi connectivity index (χ2n) is 5.09. The molecule has 1 aliphatic rings. The number of benzene rings is 1. The molecule has 0 bridgehead atoms. The maximum atomic E-state index is 5.70. The predicted molar refractivity (Wildman–Crippen MR) is 72.0 cm³/mol. The fraction of sp³-hybridized carbons (Fsp3) is 0.500. The standard InChI is InChI=1S/C14H21N3/c1-10(2)9-11-3-5-12(6-4-11)13-7-8-16-14(15)17-13/h3-6,10,13H,7-9H2,1-2H3,(H3,15,16,17). The van der Waals surface area contributed by atoms with Crippen LogP contribution in [0.5, 0.6) is 0 Å². The zero-order valence-corrected chi connectivity index (χ0v) is 10.6. The zero-order valence-electron chi connectivity index (χ0n) is 10.6. The van der Waals surface area contributed by atoms with Gasteiger partial charge in [-0.15, -0.1) is 0 Å². The number of guanidine groups is 1. The molecule has 1 aromatic rings. The summed E-state index contributed by atoms with van der Waals surface area (Å²) in [5.41, 5.74) is 8.40. The first-order valence-electron chi connectivity index (χ1n) is 6.30. The number of hydrogen-bond acceptors (Lipinski definition) is 3. The molecule has 3 N–H and O–H groups in total. The van der Waals surface area contributed by atoms with Gasteiger partial charge in [0, 0.05) is 6.54 Å². The van der Waals surface area contributed by atoms with Crippen LogP contribution in [0.15, 0.2) is 29.3 Å². The molecule has 0 radical (unpaired) electrons. The lowest BCUT2D eigenvalue weighted by Crippen LogP contribution is -2.38. The Morgan fingerprint density at radius 3 is 2.65 bits per heavy atom. The fourth-order valence-electron chi connectivity index (χ4n) is 2.22. The van der Waals surface area contributed by atoms with Gasteiger partial charge < -0.3 is 11.1 Å². The van der Waals surface area contributed by atoms with Gasteiger partial charge >= 0.3 is 0 Å². The monoisotopic (exact) mass is 231 g/mol. The minimum Gasteiger partial charge on any atom is -0.370 e. The summed E-state index contributed by atoms with van der Waals surface area (Å²) in [5, 5.41) is 3.22. The van der Waals surface area contributed by atoms with Crippen LogP contribution in [0.4, 0.5) is 0 Å². The Morgan fingerprint density at radius 1 is 1.35 bits per heavy atom. The van der Waals surface area contributed by atoms with Crippen LogP contribution in [0.2, 0.25) is 0 Å². The smallest absolute Gasteiger partial charge is 0.189 e. The van der Waals surface area contributed by atoms with Crippen molar-refractivity contribution in [3.63, 3.8) is 0 Å². The van der Waals surface area contributed by atoms with Crippen molar-refractivity contribution in [1.29, 1.82) is 0 Å². The molecule has 1 unspecified atom stereocenters. The van der Waals surface area contributed by atoms with Crippen LogP contribution in [-0.4, -0.2) is 12.5 Å². The molecule has 0 aliphatic carbocycles. The summed E-state index contributed by atoms with van der Waals surface area (Å²) in [6.45, 7) is 5.30. The van der Waals surface area contributed by atoms with E-state index in [2.05, 4.69) is 48.4 Å². The Bertz CT molecular complexity index is 392. The van der Waals surface area contributed by atoms with Crippen molar-refractivity contribution in [3.05, 3.63) is 35.4 Å². The van der Waals surface area contributed by atoms with Gasteiger partial charge in [-0.3, -0.25) is 4.99 Å². The molecule has 2 rings (SSSR count). The normalized spacial score (nSPS) is 19.9. The van der Waals surface area contributed by atoms with Gasteiger partial charge in [-0.25, -0.2) is 0 Å². The lowest BCUT2D eigenvalue weighted by atomic mass is 9.98. The minimum absolute atomic E-state index is 0.320. The van der Waals surface area contributed by atoms with E-state index in [1.807, 2.05) is 0 Å². The molecule has 17 heavy (non-hydrogen) atoms. The van der Waals surface area contributed by atoms with E-state index < -0.39 is 0 Å². The van der Waals surface area contributed by atoms with Crippen molar-refractivity contribution in [2.75, 3.05) is 6.54 Å². The molecule has 92 valence electrons. The van der Waals surface area contributed by atoms with Crippen molar-refractivity contribution < 1.29 is 0 Å².